The van der Waals surface area contributed by atoms with Gasteiger partial charge >= 0.3 is 0 Å². The molecule has 23 heavy (non-hydrogen) atoms. The van der Waals surface area contributed by atoms with Gasteiger partial charge in [0.05, 0.1) is 6.54 Å². The van der Waals surface area contributed by atoms with Gasteiger partial charge in [-0.15, -0.1) is 0 Å². The van der Waals surface area contributed by atoms with E-state index in [1.54, 1.807) is 24.3 Å². The van der Waals surface area contributed by atoms with Crippen LogP contribution in [0.4, 0.5) is 0 Å². The largest absolute Gasteiger partial charge is 0.352 e. The van der Waals surface area contributed by atoms with Crippen LogP contribution in [0.2, 0.25) is 5.02 Å². The first kappa shape index (κ1) is 16.3. The fourth-order valence-corrected chi connectivity index (χ4v) is 3.03. The summed E-state index contributed by atoms with van der Waals surface area (Å²) in [5, 5.41) is 3.58. The minimum Gasteiger partial charge on any atom is -0.352 e. The molecule has 0 spiro atoms. The third-order valence-corrected chi connectivity index (χ3v) is 4.49. The monoisotopic (exact) mass is 335 g/mol. The Morgan fingerprint density at radius 3 is 2.74 bits per heavy atom. The standard InChI is InChI=1S/C17H22ClN3O2/c18-14-4-1-3-13(11-14)17(23)21-8-2-7-20(9-10-21)12-16(22)19-15-5-6-15/h1,3-4,11,15H,2,5-10,12H2,(H,19,22). The molecular formula is C17H22ClN3O2. The molecule has 1 aromatic carbocycles. The topological polar surface area (TPSA) is 52.7 Å². The Morgan fingerprint density at radius 1 is 1.17 bits per heavy atom. The molecule has 1 aromatic rings. The van der Waals surface area contributed by atoms with E-state index in [-0.39, 0.29) is 11.8 Å². The van der Waals surface area contributed by atoms with Crippen molar-refractivity contribution < 1.29 is 9.59 Å². The van der Waals surface area contributed by atoms with Crippen LogP contribution >= 0.6 is 11.6 Å². The minimum absolute atomic E-state index is 0.0109. The van der Waals surface area contributed by atoms with Crippen molar-refractivity contribution in [1.29, 1.82) is 0 Å². The van der Waals surface area contributed by atoms with E-state index in [1.807, 2.05) is 4.90 Å². The van der Waals surface area contributed by atoms with Crippen LogP contribution < -0.4 is 5.32 Å². The Hall–Kier alpha value is -1.59. The second-order valence-electron chi connectivity index (χ2n) is 6.27. The molecule has 1 saturated carbocycles. The van der Waals surface area contributed by atoms with Crippen LogP contribution in [0.1, 0.15) is 29.6 Å². The normalized spacial score (nSPS) is 19.3. The maximum Gasteiger partial charge on any atom is 0.253 e. The first-order chi connectivity index (χ1) is 11.1. The molecular weight excluding hydrogens is 314 g/mol. The molecule has 0 bridgehead atoms. The van der Waals surface area contributed by atoms with Gasteiger partial charge in [-0.3, -0.25) is 14.5 Å². The molecule has 0 atom stereocenters. The molecule has 0 aromatic heterocycles. The average molecular weight is 336 g/mol. The number of halogens is 1. The fourth-order valence-electron chi connectivity index (χ4n) is 2.84. The summed E-state index contributed by atoms with van der Waals surface area (Å²) in [5.41, 5.74) is 0.623. The van der Waals surface area contributed by atoms with E-state index in [0.29, 0.717) is 36.3 Å². The van der Waals surface area contributed by atoms with Gasteiger partial charge in [0, 0.05) is 42.8 Å². The first-order valence-corrected chi connectivity index (χ1v) is 8.56. The Labute approximate surface area is 141 Å². The molecule has 2 aliphatic rings. The number of nitrogens with one attached hydrogen (secondary N) is 1. The molecule has 2 amide bonds. The summed E-state index contributed by atoms with van der Waals surface area (Å²) in [6, 6.07) is 7.45. The van der Waals surface area contributed by atoms with Gasteiger partial charge in [-0.05, 0) is 37.5 Å². The van der Waals surface area contributed by atoms with Crippen LogP contribution in [0.25, 0.3) is 0 Å². The van der Waals surface area contributed by atoms with Crippen LogP contribution in [0.5, 0.6) is 0 Å². The Bertz CT molecular complexity index is 589. The molecule has 1 heterocycles. The smallest absolute Gasteiger partial charge is 0.253 e. The highest BCUT2D eigenvalue weighted by molar-refractivity contribution is 6.30. The van der Waals surface area contributed by atoms with Crippen LogP contribution in [0.15, 0.2) is 24.3 Å². The maximum absolute atomic E-state index is 12.6. The van der Waals surface area contributed by atoms with E-state index in [1.165, 1.54) is 0 Å². The zero-order chi connectivity index (χ0) is 16.2. The second-order valence-corrected chi connectivity index (χ2v) is 6.71. The quantitative estimate of drug-likeness (QED) is 0.912. The Balaban J connectivity index is 1.53. The Kier molecular flexibility index (Phi) is 5.18. The van der Waals surface area contributed by atoms with Crippen molar-refractivity contribution in [2.75, 3.05) is 32.7 Å². The van der Waals surface area contributed by atoms with Crippen LogP contribution in [0.3, 0.4) is 0 Å². The molecule has 2 fully saturated rings. The molecule has 5 nitrogen and oxygen atoms in total. The minimum atomic E-state index is 0.0109. The summed E-state index contributed by atoms with van der Waals surface area (Å²) in [4.78, 5) is 28.4. The third kappa shape index (κ3) is 4.69. The van der Waals surface area contributed by atoms with Crippen LogP contribution in [-0.4, -0.2) is 60.4 Å². The lowest BCUT2D eigenvalue weighted by atomic mass is 10.2. The molecule has 1 N–H and O–H groups in total. The number of nitrogens with zero attached hydrogens (tertiary/aromatic N) is 2. The predicted octanol–water partition coefficient (Wildman–Crippen LogP) is 1.77. The zero-order valence-corrected chi connectivity index (χ0v) is 13.9. The summed E-state index contributed by atoms with van der Waals surface area (Å²) in [5.74, 6) is 0.110. The van der Waals surface area contributed by atoms with Crippen molar-refractivity contribution in [2.24, 2.45) is 0 Å². The van der Waals surface area contributed by atoms with E-state index in [4.69, 9.17) is 11.6 Å². The maximum atomic E-state index is 12.6. The summed E-state index contributed by atoms with van der Waals surface area (Å²) >= 11 is 5.96. The Morgan fingerprint density at radius 2 is 2.00 bits per heavy atom. The molecule has 3 rings (SSSR count). The number of hydrogen-bond acceptors (Lipinski definition) is 3. The lowest BCUT2D eigenvalue weighted by molar-refractivity contribution is -0.122. The van der Waals surface area contributed by atoms with Gasteiger partial charge in [-0.2, -0.15) is 0 Å². The van der Waals surface area contributed by atoms with E-state index in [9.17, 15) is 9.59 Å². The lowest BCUT2D eigenvalue weighted by Crippen LogP contribution is -2.40. The molecule has 0 unspecified atom stereocenters. The molecule has 124 valence electrons. The average Bonchev–Trinajstić information content (AvgIpc) is 3.34. The summed E-state index contributed by atoms with van der Waals surface area (Å²) in [7, 11) is 0. The van der Waals surface area contributed by atoms with Crippen molar-refractivity contribution in [3.63, 3.8) is 0 Å². The molecule has 6 heteroatoms. The van der Waals surface area contributed by atoms with E-state index < -0.39 is 0 Å². The van der Waals surface area contributed by atoms with Gasteiger partial charge in [0.2, 0.25) is 5.91 Å². The van der Waals surface area contributed by atoms with Gasteiger partial charge in [0.15, 0.2) is 0 Å². The highest BCUT2D eigenvalue weighted by Gasteiger charge is 2.25. The van der Waals surface area contributed by atoms with Crippen molar-refractivity contribution >= 4 is 23.4 Å². The molecule has 1 aliphatic carbocycles. The zero-order valence-electron chi connectivity index (χ0n) is 13.1. The fraction of sp³-hybridized carbons (Fsp3) is 0.529. The van der Waals surface area contributed by atoms with Crippen molar-refractivity contribution in [2.45, 2.75) is 25.3 Å². The summed E-state index contributed by atoms with van der Waals surface area (Å²) in [6.07, 6.45) is 3.09. The summed E-state index contributed by atoms with van der Waals surface area (Å²) in [6.45, 7) is 3.35. The molecule has 0 radical (unpaired) electrons. The number of rotatable bonds is 4. The molecule has 1 saturated heterocycles. The van der Waals surface area contributed by atoms with Crippen LogP contribution in [0, 0.1) is 0 Å². The predicted molar refractivity (Wildman–Crippen MR) is 89.6 cm³/mol. The number of carbonyl (C=O) groups is 2. The lowest BCUT2D eigenvalue weighted by Gasteiger charge is -2.22. The number of amides is 2. The van der Waals surface area contributed by atoms with E-state index in [2.05, 4.69) is 10.2 Å². The first-order valence-electron chi connectivity index (χ1n) is 8.18. The third-order valence-electron chi connectivity index (χ3n) is 4.26. The van der Waals surface area contributed by atoms with Crippen molar-refractivity contribution in [3.8, 4) is 0 Å². The van der Waals surface area contributed by atoms with Crippen LogP contribution in [-0.2, 0) is 4.79 Å². The van der Waals surface area contributed by atoms with Gasteiger partial charge in [0.1, 0.15) is 0 Å². The number of carbonyl (C=O) groups excluding carboxylic acids is 2. The summed E-state index contributed by atoms with van der Waals surface area (Å²) < 4.78 is 0. The van der Waals surface area contributed by atoms with Gasteiger partial charge in [-0.25, -0.2) is 0 Å². The SMILES string of the molecule is O=C(CN1CCCN(C(=O)c2cccc(Cl)c2)CC1)NC1CC1. The van der Waals surface area contributed by atoms with E-state index >= 15 is 0 Å². The van der Waals surface area contributed by atoms with Crippen molar-refractivity contribution in [1.82, 2.24) is 15.1 Å². The number of benzene rings is 1. The highest BCUT2D eigenvalue weighted by atomic mass is 35.5. The van der Waals surface area contributed by atoms with Gasteiger partial charge < -0.3 is 10.2 Å². The van der Waals surface area contributed by atoms with Gasteiger partial charge in [0.25, 0.3) is 5.91 Å². The van der Waals surface area contributed by atoms with E-state index in [0.717, 1.165) is 32.4 Å². The molecule has 1 aliphatic heterocycles. The highest BCUT2D eigenvalue weighted by Crippen LogP contribution is 2.18. The van der Waals surface area contributed by atoms with Gasteiger partial charge in [-0.1, -0.05) is 17.7 Å². The van der Waals surface area contributed by atoms with Crippen molar-refractivity contribution in [3.05, 3.63) is 34.9 Å². The number of hydrogen-bond donors (Lipinski definition) is 1. The second kappa shape index (κ2) is 7.32.